The van der Waals surface area contributed by atoms with Crippen LogP contribution in [-0.4, -0.2) is 12.3 Å². The monoisotopic (exact) mass is 293 g/mol. The Balaban J connectivity index is 1.84. The molecule has 1 N–H and O–H groups in total. The molecule has 104 valence electrons. The molecule has 0 aromatic heterocycles. The Morgan fingerprint density at radius 1 is 0.905 bits per heavy atom. The number of nitriles is 2. The maximum atomic E-state index is 9.09. The lowest BCUT2D eigenvalue weighted by atomic mass is 10.1. The molecule has 0 aliphatic carbocycles. The van der Waals surface area contributed by atoms with Gasteiger partial charge < -0.3 is 5.32 Å². The summed E-state index contributed by atoms with van der Waals surface area (Å²) < 4.78 is 0. The van der Waals surface area contributed by atoms with Crippen LogP contribution in [0.2, 0.25) is 0 Å². The molecule has 0 fully saturated rings. The van der Waals surface area contributed by atoms with Crippen molar-refractivity contribution in [1.82, 2.24) is 0 Å². The summed E-state index contributed by atoms with van der Waals surface area (Å²) in [6, 6.07) is 19.7. The van der Waals surface area contributed by atoms with Gasteiger partial charge >= 0.3 is 0 Å². The van der Waals surface area contributed by atoms with Gasteiger partial charge in [-0.2, -0.15) is 10.5 Å². The zero-order chi connectivity index (χ0) is 14.9. The molecule has 0 saturated carbocycles. The first-order valence-electron chi connectivity index (χ1n) is 6.70. The fraction of sp³-hybridized carbons (Fsp3) is 0.176. The summed E-state index contributed by atoms with van der Waals surface area (Å²) in [5.41, 5.74) is 1.68. The Labute approximate surface area is 129 Å². The predicted octanol–water partition coefficient (Wildman–Crippen LogP) is 4.02. The molecule has 0 radical (unpaired) electrons. The van der Waals surface area contributed by atoms with Gasteiger partial charge in [-0.3, -0.25) is 0 Å². The van der Waals surface area contributed by atoms with Crippen LogP contribution >= 0.6 is 11.8 Å². The van der Waals surface area contributed by atoms with Crippen molar-refractivity contribution >= 4 is 17.4 Å². The maximum Gasteiger partial charge on any atom is 0.101 e. The first-order chi connectivity index (χ1) is 10.3. The van der Waals surface area contributed by atoms with Gasteiger partial charge in [-0.1, -0.05) is 24.3 Å². The maximum absolute atomic E-state index is 9.09. The number of thioether (sulfide) groups is 1. The van der Waals surface area contributed by atoms with Crippen LogP contribution in [-0.2, 0) is 0 Å². The van der Waals surface area contributed by atoms with E-state index in [1.165, 1.54) is 4.90 Å². The lowest BCUT2D eigenvalue weighted by Crippen LogP contribution is -2.06. The van der Waals surface area contributed by atoms with E-state index < -0.39 is 0 Å². The van der Waals surface area contributed by atoms with Crippen LogP contribution in [0.1, 0.15) is 17.5 Å². The molecule has 0 aliphatic rings. The van der Waals surface area contributed by atoms with Gasteiger partial charge in [0.15, 0.2) is 0 Å². The number of nitrogens with one attached hydrogen (secondary N) is 1. The Bertz CT molecular complexity index is 636. The highest BCUT2D eigenvalue weighted by Crippen LogP contribution is 2.21. The highest BCUT2D eigenvalue weighted by atomic mass is 32.2. The molecule has 4 heteroatoms. The van der Waals surface area contributed by atoms with E-state index in [4.69, 9.17) is 10.5 Å². The van der Waals surface area contributed by atoms with E-state index >= 15 is 0 Å². The normalized spacial score (nSPS) is 9.62. The van der Waals surface area contributed by atoms with Crippen LogP contribution < -0.4 is 5.32 Å². The molecule has 21 heavy (non-hydrogen) atoms. The Morgan fingerprint density at radius 2 is 1.57 bits per heavy atom. The summed E-state index contributed by atoms with van der Waals surface area (Å²) in [6.07, 6.45) is 0.962. The van der Waals surface area contributed by atoms with Crippen LogP contribution in [0.25, 0.3) is 0 Å². The predicted molar refractivity (Wildman–Crippen MR) is 86.1 cm³/mol. The smallest absolute Gasteiger partial charge is 0.101 e. The fourth-order valence-electron chi connectivity index (χ4n) is 1.92. The highest BCUT2D eigenvalue weighted by molar-refractivity contribution is 7.99. The standard InChI is InChI=1S/C17H15N3S/c18-12-14-6-4-7-15(13-19)17(14)20-10-5-11-21-16-8-2-1-3-9-16/h1-4,6-9,20H,5,10-11H2. The summed E-state index contributed by atoms with van der Waals surface area (Å²) >= 11 is 1.81. The first kappa shape index (κ1) is 15.0. The van der Waals surface area contributed by atoms with Gasteiger partial charge in [0.2, 0.25) is 0 Å². The molecule has 0 heterocycles. The second kappa shape index (κ2) is 7.99. The Morgan fingerprint density at radius 3 is 2.19 bits per heavy atom. The summed E-state index contributed by atoms with van der Waals surface area (Å²) in [4.78, 5) is 1.26. The second-order valence-electron chi connectivity index (χ2n) is 4.39. The number of benzene rings is 2. The third kappa shape index (κ3) is 4.27. The molecule has 3 nitrogen and oxygen atoms in total. The minimum atomic E-state index is 0.518. The molecule has 0 aliphatic heterocycles. The van der Waals surface area contributed by atoms with Crippen molar-refractivity contribution in [2.75, 3.05) is 17.6 Å². The third-order valence-electron chi connectivity index (χ3n) is 2.94. The second-order valence-corrected chi connectivity index (χ2v) is 5.56. The van der Waals surface area contributed by atoms with Crippen molar-refractivity contribution in [2.45, 2.75) is 11.3 Å². The Kier molecular flexibility index (Phi) is 5.70. The summed E-state index contributed by atoms with van der Waals surface area (Å²) in [5.74, 6) is 0.994. The van der Waals surface area contributed by atoms with Crippen molar-refractivity contribution in [1.29, 1.82) is 10.5 Å². The van der Waals surface area contributed by atoms with Gasteiger partial charge in [0.25, 0.3) is 0 Å². The summed E-state index contributed by atoms with van der Waals surface area (Å²) in [5, 5.41) is 21.4. The first-order valence-corrected chi connectivity index (χ1v) is 7.68. The van der Waals surface area contributed by atoms with E-state index in [-0.39, 0.29) is 0 Å². The quantitative estimate of drug-likeness (QED) is 0.645. The van der Waals surface area contributed by atoms with Crippen molar-refractivity contribution < 1.29 is 0 Å². The third-order valence-corrected chi connectivity index (χ3v) is 4.04. The van der Waals surface area contributed by atoms with Gasteiger partial charge in [0.1, 0.15) is 12.1 Å². The number of para-hydroxylation sites is 1. The van der Waals surface area contributed by atoms with E-state index in [2.05, 4.69) is 29.6 Å². The largest absolute Gasteiger partial charge is 0.383 e. The van der Waals surface area contributed by atoms with Crippen molar-refractivity contribution in [3.8, 4) is 12.1 Å². The van der Waals surface area contributed by atoms with E-state index in [0.29, 0.717) is 16.8 Å². The van der Waals surface area contributed by atoms with Crippen LogP contribution in [0.3, 0.4) is 0 Å². The zero-order valence-electron chi connectivity index (χ0n) is 11.5. The van der Waals surface area contributed by atoms with Gasteiger partial charge in [-0.25, -0.2) is 0 Å². The molecular weight excluding hydrogens is 278 g/mol. The van der Waals surface area contributed by atoms with Crippen LogP contribution in [0, 0.1) is 22.7 Å². The molecule has 2 aromatic rings. The molecule has 0 saturated heterocycles. The van der Waals surface area contributed by atoms with E-state index in [0.717, 1.165) is 18.7 Å². The lowest BCUT2D eigenvalue weighted by molar-refractivity contribution is 0.989. The van der Waals surface area contributed by atoms with Gasteiger partial charge in [0, 0.05) is 11.4 Å². The summed E-state index contributed by atoms with van der Waals surface area (Å²) in [6.45, 7) is 0.743. The molecule has 0 spiro atoms. The number of hydrogen-bond donors (Lipinski definition) is 1. The Hall–Kier alpha value is -2.43. The van der Waals surface area contributed by atoms with Gasteiger partial charge in [-0.15, -0.1) is 11.8 Å². The van der Waals surface area contributed by atoms with Gasteiger partial charge in [-0.05, 0) is 36.4 Å². The highest BCUT2D eigenvalue weighted by Gasteiger charge is 2.06. The van der Waals surface area contributed by atoms with Crippen LogP contribution in [0.5, 0.6) is 0 Å². The van der Waals surface area contributed by atoms with E-state index in [1.807, 2.05) is 18.2 Å². The van der Waals surface area contributed by atoms with E-state index in [9.17, 15) is 0 Å². The van der Waals surface area contributed by atoms with Crippen molar-refractivity contribution in [3.05, 3.63) is 59.7 Å². The number of anilines is 1. The minimum Gasteiger partial charge on any atom is -0.383 e. The SMILES string of the molecule is N#Cc1cccc(C#N)c1NCCCSc1ccccc1. The number of nitrogens with zero attached hydrogens (tertiary/aromatic N) is 2. The van der Waals surface area contributed by atoms with Crippen LogP contribution in [0.15, 0.2) is 53.4 Å². The molecule has 0 unspecified atom stereocenters. The van der Waals surface area contributed by atoms with Crippen LogP contribution in [0.4, 0.5) is 5.69 Å². The van der Waals surface area contributed by atoms with Crippen molar-refractivity contribution in [2.24, 2.45) is 0 Å². The number of rotatable bonds is 6. The number of hydrogen-bond acceptors (Lipinski definition) is 4. The lowest BCUT2D eigenvalue weighted by Gasteiger charge is -2.09. The molecule has 0 bridgehead atoms. The average Bonchev–Trinajstić information content (AvgIpc) is 2.55. The topological polar surface area (TPSA) is 59.6 Å². The average molecular weight is 293 g/mol. The molecule has 2 aromatic carbocycles. The molecule has 2 rings (SSSR count). The zero-order valence-corrected chi connectivity index (χ0v) is 12.4. The molecule has 0 amide bonds. The van der Waals surface area contributed by atoms with Crippen molar-refractivity contribution in [3.63, 3.8) is 0 Å². The molecule has 0 atom stereocenters. The minimum absolute atomic E-state index is 0.518. The fourth-order valence-corrected chi connectivity index (χ4v) is 2.80. The van der Waals surface area contributed by atoms with E-state index in [1.54, 1.807) is 30.0 Å². The van der Waals surface area contributed by atoms with Gasteiger partial charge in [0.05, 0.1) is 16.8 Å². The molecular formula is C17H15N3S. The summed E-state index contributed by atoms with van der Waals surface area (Å²) in [7, 11) is 0.